The molecule has 1 heterocycles. The van der Waals surface area contributed by atoms with Crippen molar-refractivity contribution in [1.82, 2.24) is 15.2 Å². The minimum absolute atomic E-state index is 0.0872. The van der Waals surface area contributed by atoms with Gasteiger partial charge in [-0.3, -0.25) is 9.78 Å². The van der Waals surface area contributed by atoms with Gasteiger partial charge in [0.25, 0.3) is 5.91 Å². The zero-order valence-electron chi connectivity index (χ0n) is 18.1. The van der Waals surface area contributed by atoms with Crippen LogP contribution in [0.15, 0.2) is 67.0 Å². The van der Waals surface area contributed by atoms with Crippen molar-refractivity contribution in [3.63, 3.8) is 0 Å². The highest BCUT2D eigenvalue weighted by atomic mass is 16.5. The Morgan fingerprint density at radius 3 is 2.37 bits per heavy atom. The van der Waals surface area contributed by atoms with Crippen molar-refractivity contribution in [3.05, 3.63) is 94.8 Å². The number of benzene rings is 2. The average Bonchev–Trinajstić information content (AvgIpc) is 2.73. The topological polar surface area (TPSA) is 54.5 Å². The van der Waals surface area contributed by atoms with E-state index >= 15 is 0 Å². The lowest BCUT2D eigenvalue weighted by atomic mass is 10.0. The molecule has 1 atom stereocenters. The Kier molecular flexibility index (Phi) is 7.20. The van der Waals surface area contributed by atoms with Crippen LogP contribution < -0.4 is 10.1 Å². The highest BCUT2D eigenvalue weighted by molar-refractivity contribution is 5.95. The van der Waals surface area contributed by atoms with Crippen LogP contribution in [0.3, 0.4) is 0 Å². The average molecular weight is 404 g/mol. The summed E-state index contributed by atoms with van der Waals surface area (Å²) in [5, 5.41) is 3.18. The summed E-state index contributed by atoms with van der Waals surface area (Å²) in [4.78, 5) is 19.2. The number of aromatic nitrogens is 1. The first-order valence-electron chi connectivity index (χ1n) is 10.1. The van der Waals surface area contributed by atoms with Gasteiger partial charge >= 0.3 is 0 Å². The Hall–Kier alpha value is -3.18. The molecule has 0 radical (unpaired) electrons. The molecular formula is C25H29N3O2. The second kappa shape index (κ2) is 10.0. The molecule has 0 bridgehead atoms. The van der Waals surface area contributed by atoms with Crippen LogP contribution in [0.4, 0.5) is 0 Å². The number of pyridine rings is 1. The molecule has 3 aromatic rings. The van der Waals surface area contributed by atoms with E-state index in [0.29, 0.717) is 12.2 Å². The van der Waals surface area contributed by atoms with E-state index in [1.165, 1.54) is 0 Å². The van der Waals surface area contributed by atoms with E-state index in [9.17, 15) is 4.79 Å². The Labute approximate surface area is 178 Å². The van der Waals surface area contributed by atoms with E-state index in [-0.39, 0.29) is 11.9 Å². The van der Waals surface area contributed by atoms with Crippen LogP contribution in [0.2, 0.25) is 0 Å². The van der Waals surface area contributed by atoms with Crippen molar-refractivity contribution in [2.75, 3.05) is 20.6 Å². The van der Waals surface area contributed by atoms with E-state index in [2.05, 4.69) is 15.2 Å². The molecular weight excluding hydrogens is 374 g/mol. The monoisotopic (exact) mass is 403 g/mol. The third-order valence-corrected chi connectivity index (χ3v) is 4.88. The van der Waals surface area contributed by atoms with Gasteiger partial charge in [-0.15, -0.1) is 0 Å². The Balaban J connectivity index is 1.75. The number of aryl methyl sites for hydroxylation is 2. The van der Waals surface area contributed by atoms with E-state index in [1.807, 2.05) is 82.5 Å². The number of carbonyl (C=O) groups excluding carboxylic acids is 1. The number of amides is 1. The first kappa shape index (κ1) is 21.5. The van der Waals surface area contributed by atoms with Gasteiger partial charge in [-0.05, 0) is 62.8 Å². The largest absolute Gasteiger partial charge is 0.488 e. The molecule has 30 heavy (non-hydrogen) atoms. The van der Waals surface area contributed by atoms with Crippen molar-refractivity contribution in [3.8, 4) is 5.75 Å². The van der Waals surface area contributed by atoms with Gasteiger partial charge in [0.05, 0.1) is 6.04 Å². The third-order valence-electron chi connectivity index (χ3n) is 4.88. The zero-order valence-corrected chi connectivity index (χ0v) is 18.1. The molecule has 2 aromatic carbocycles. The maximum Gasteiger partial charge on any atom is 0.251 e. The van der Waals surface area contributed by atoms with Crippen LogP contribution in [0.25, 0.3) is 0 Å². The van der Waals surface area contributed by atoms with Crippen LogP contribution in [-0.4, -0.2) is 36.4 Å². The Bertz CT molecular complexity index is 949. The van der Waals surface area contributed by atoms with Gasteiger partial charge in [0.15, 0.2) is 0 Å². The van der Waals surface area contributed by atoms with E-state index in [4.69, 9.17) is 4.74 Å². The third kappa shape index (κ3) is 5.67. The lowest BCUT2D eigenvalue weighted by Crippen LogP contribution is -2.35. The smallest absolute Gasteiger partial charge is 0.251 e. The molecule has 0 fully saturated rings. The lowest BCUT2D eigenvalue weighted by Gasteiger charge is -2.23. The van der Waals surface area contributed by atoms with Gasteiger partial charge in [0.1, 0.15) is 12.4 Å². The lowest BCUT2D eigenvalue weighted by molar-refractivity contribution is 0.0929. The molecule has 0 saturated carbocycles. The van der Waals surface area contributed by atoms with Crippen LogP contribution >= 0.6 is 0 Å². The summed E-state index contributed by atoms with van der Waals surface area (Å²) in [6, 6.07) is 17.6. The fourth-order valence-corrected chi connectivity index (χ4v) is 3.47. The van der Waals surface area contributed by atoms with Gasteiger partial charge in [-0.25, -0.2) is 0 Å². The molecule has 0 aliphatic carbocycles. The molecule has 5 heteroatoms. The van der Waals surface area contributed by atoms with Gasteiger partial charge in [-0.2, -0.15) is 0 Å². The minimum atomic E-state index is -0.0873. The van der Waals surface area contributed by atoms with Gasteiger partial charge in [0.2, 0.25) is 0 Å². The summed E-state index contributed by atoms with van der Waals surface area (Å²) in [7, 11) is 4.01. The highest BCUT2D eigenvalue weighted by Crippen LogP contribution is 2.26. The van der Waals surface area contributed by atoms with Crippen LogP contribution in [0, 0.1) is 13.8 Å². The van der Waals surface area contributed by atoms with E-state index in [0.717, 1.165) is 34.5 Å². The number of likely N-dealkylation sites (N-methyl/N-ethyl adjacent to an activating group) is 1. The Morgan fingerprint density at radius 2 is 1.77 bits per heavy atom. The predicted octanol–water partition coefficient (Wildman–Crippen LogP) is 4.31. The molecule has 1 aromatic heterocycles. The number of ether oxygens (including phenoxy) is 1. The molecule has 0 saturated heterocycles. The molecule has 0 aliphatic rings. The molecule has 5 nitrogen and oxygen atoms in total. The molecule has 1 amide bonds. The molecule has 3 rings (SSSR count). The summed E-state index contributed by atoms with van der Waals surface area (Å²) >= 11 is 0. The van der Waals surface area contributed by atoms with Gasteiger partial charge in [0, 0.05) is 30.1 Å². The second-order valence-corrected chi connectivity index (χ2v) is 7.79. The summed E-state index contributed by atoms with van der Waals surface area (Å²) < 4.78 is 6.01. The number of nitrogens with zero attached hydrogens (tertiary/aromatic N) is 2. The normalized spacial score (nSPS) is 11.9. The van der Waals surface area contributed by atoms with E-state index < -0.39 is 0 Å². The fourth-order valence-electron chi connectivity index (χ4n) is 3.47. The molecule has 0 spiro atoms. The molecule has 0 aliphatic heterocycles. The van der Waals surface area contributed by atoms with Crippen molar-refractivity contribution in [2.45, 2.75) is 26.5 Å². The first-order chi connectivity index (χ1) is 14.4. The van der Waals surface area contributed by atoms with E-state index in [1.54, 1.807) is 12.4 Å². The number of carbonyl (C=O) groups is 1. The number of nitrogens with one attached hydrogen (secondary N) is 1. The summed E-state index contributed by atoms with van der Waals surface area (Å²) in [5.41, 5.74) is 4.61. The van der Waals surface area contributed by atoms with Crippen LogP contribution in [-0.2, 0) is 6.61 Å². The van der Waals surface area contributed by atoms with Crippen molar-refractivity contribution < 1.29 is 9.53 Å². The predicted molar refractivity (Wildman–Crippen MR) is 120 cm³/mol. The van der Waals surface area contributed by atoms with Crippen molar-refractivity contribution >= 4 is 5.91 Å². The molecule has 1 N–H and O–H groups in total. The quantitative estimate of drug-likeness (QED) is 0.609. The zero-order chi connectivity index (χ0) is 21.5. The first-order valence-corrected chi connectivity index (χ1v) is 10.1. The van der Waals surface area contributed by atoms with Gasteiger partial charge in [-0.1, -0.05) is 36.4 Å². The maximum absolute atomic E-state index is 13.0. The molecule has 1 unspecified atom stereocenters. The highest BCUT2D eigenvalue weighted by Gasteiger charge is 2.18. The summed E-state index contributed by atoms with van der Waals surface area (Å²) in [6.07, 6.45) is 3.54. The number of rotatable bonds is 8. The summed E-state index contributed by atoms with van der Waals surface area (Å²) in [6.45, 7) is 5.10. The number of hydrogen-bond acceptors (Lipinski definition) is 4. The summed E-state index contributed by atoms with van der Waals surface area (Å²) in [5.74, 6) is 0.721. The van der Waals surface area contributed by atoms with Crippen molar-refractivity contribution in [2.24, 2.45) is 0 Å². The van der Waals surface area contributed by atoms with Crippen molar-refractivity contribution in [1.29, 1.82) is 0 Å². The Morgan fingerprint density at radius 1 is 1.07 bits per heavy atom. The SMILES string of the molecule is Cc1cc(C(=O)NC(CN(C)C)c2ccccc2)cc(C)c1OCc1cccnc1. The number of hydrogen-bond donors (Lipinski definition) is 1. The minimum Gasteiger partial charge on any atom is -0.488 e. The molecule has 156 valence electrons. The van der Waals surface area contributed by atoms with Gasteiger partial charge < -0.3 is 15.0 Å². The maximum atomic E-state index is 13.0. The van der Waals surface area contributed by atoms with Crippen LogP contribution in [0.1, 0.15) is 38.7 Å². The second-order valence-electron chi connectivity index (χ2n) is 7.79. The fraction of sp³-hybridized carbons (Fsp3) is 0.280. The van der Waals surface area contributed by atoms with Crippen LogP contribution in [0.5, 0.6) is 5.75 Å². The standard InChI is InChI=1S/C25H29N3O2/c1-18-13-22(14-19(2)24(18)30-17-20-9-8-12-26-15-20)25(29)27-23(16-28(3)4)21-10-6-5-7-11-21/h5-15,23H,16-17H2,1-4H3,(H,27,29).